The third-order valence-corrected chi connectivity index (χ3v) is 4.19. The summed E-state index contributed by atoms with van der Waals surface area (Å²) in [5.41, 5.74) is -0.330. The molecule has 2 amide bonds. The first kappa shape index (κ1) is 15.6. The lowest BCUT2D eigenvalue weighted by molar-refractivity contribution is -0.385. The molecule has 1 aromatic carbocycles. The van der Waals surface area contributed by atoms with Gasteiger partial charge in [-0.15, -0.1) is 0 Å². The summed E-state index contributed by atoms with van der Waals surface area (Å²) in [5, 5.41) is 11.1. The van der Waals surface area contributed by atoms with Crippen molar-refractivity contribution in [3.05, 3.63) is 39.4 Å². The molecule has 2 aliphatic heterocycles. The number of morpholine rings is 1. The van der Waals surface area contributed by atoms with E-state index in [1.807, 2.05) is 11.8 Å². The molecule has 0 N–H and O–H groups in total. The van der Waals surface area contributed by atoms with Crippen molar-refractivity contribution < 1.29 is 19.2 Å². The van der Waals surface area contributed by atoms with E-state index in [2.05, 4.69) is 0 Å². The molecule has 0 spiro atoms. The van der Waals surface area contributed by atoms with Crippen LogP contribution in [0.5, 0.6) is 0 Å². The number of carbonyl (C=O) groups excluding carboxylic acids is 2. The Hall–Kier alpha value is -2.32. The molecule has 0 radical (unpaired) electrons. The van der Waals surface area contributed by atoms with Crippen LogP contribution in [-0.2, 0) is 4.74 Å². The number of rotatable bonds is 4. The van der Waals surface area contributed by atoms with Crippen LogP contribution >= 0.6 is 0 Å². The Bertz CT molecular complexity index is 675. The number of ether oxygens (including phenoxy) is 1. The van der Waals surface area contributed by atoms with Gasteiger partial charge in [0.25, 0.3) is 17.5 Å². The molecule has 2 aliphatic rings. The number of nitrogens with zero attached hydrogens (tertiary/aromatic N) is 3. The second kappa shape index (κ2) is 6.05. The normalized spacial score (nSPS) is 21.6. The average molecular weight is 319 g/mol. The van der Waals surface area contributed by atoms with Crippen molar-refractivity contribution in [1.82, 2.24) is 9.80 Å². The minimum absolute atomic E-state index is 0.0771. The maximum atomic E-state index is 12.5. The van der Waals surface area contributed by atoms with Crippen LogP contribution in [0.4, 0.5) is 5.69 Å². The molecule has 23 heavy (non-hydrogen) atoms. The minimum atomic E-state index is -0.630. The quantitative estimate of drug-likeness (QED) is 0.471. The number of nitro groups is 1. The van der Waals surface area contributed by atoms with E-state index in [1.54, 1.807) is 0 Å². The van der Waals surface area contributed by atoms with Gasteiger partial charge in [0, 0.05) is 19.2 Å². The highest BCUT2D eigenvalue weighted by molar-refractivity contribution is 6.23. The molecule has 0 saturated carbocycles. The predicted octanol–water partition coefficient (Wildman–Crippen LogP) is 1.26. The molecule has 1 saturated heterocycles. The van der Waals surface area contributed by atoms with E-state index in [-0.39, 0.29) is 29.6 Å². The maximum absolute atomic E-state index is 12.5. The van der Waals surface area contributed by atoms with Crippen LogP contribution in [0.25, 0.3) is 0 Å². The first-order valence-electron chi connectivity index (χ1n) is 7.50. The van der Waals surface area contributed by atoms with Crippen LogP contribution in [0, 0.1) is 10.1 Å². The van der Waals surface area contributed by atoms with Crippen LogP contribution in [0.2, 0.25) is 0 Å². The van der Waals surface area contributed by atoms with Gasteiger partial charge in [-0.1, -0.05) is 13.0 Å². The number of carbonyl (C=O) groups is 2. The van der Waals surface area contributed by atoms with Crippen molar-refractivity contribution in [1.29, 1.82) is 0 Å². The molecule has 8 heteroatoms. The molecule has 2 heterocycles. The first-order valence-corrected chi connectivity index (χ1v) is 7.50. The second-order valence-electron chi connectivity index (χ2n) is 5.61. The Labute approximate surface area is 132 Å². The minimum Gasteiger partial charge on any atom is -0.376 e. The van der Waals surface area contributed by atoms with Crippen LogP contribution in [-0.4, -0.2) is 59.0 Å². The van der Waals surface area contributed by atoms with Crippen molar-refractivity contribution in [2.24, 2.45) is 0 Å². The fraction of sp³-hybridized carbons (Fsp3) is 0.467. The third-order valence-electron chi connectivity index (χ3n) is 4.19. The van der Waals surface area contributed by atoms with Gasteiger partial charge < -0.3 is 4.74 Å². The topological polar surface area (TPSA) is 93.0 Å². The van der Waals surface area contributed by atoms with Gasteiger partial charge >= 0.3 is 0 Å². The van der Waals surface area contributed by atoms with Crippen molar-refractivity contribution >= 4 is 17.5 Å². The van der Waals surface area contributed by atoms with Crippen LogP contribution in [0.3, 0.4) is 0 Å². The van der Waals surface area contributed by atoms with Gasteiger partial charge in [-0.2, -0.15) is 0 Å². The number of amides is 2. The van der Waals surface area contributed by atoms with Gasteiger partial charge in [-0.3, -0.25) is 29.5 Å². The Balaban J connectivity index is 1.83. The lowest BCUT2D eigenvalue weighted by Gasteiger charge is -2.34. The molecular formula is C15H17N3O5. The van der Waals surface area contributed by atoms with E-state index in [1.165, 1.54) is 18.2 Å². The van der Waals surface area contributed by atoms with Gasteiger partial charge in [0.15, 0.2) is 0 Å². The summed E-state index contributed by atoms with van der Waals surface area (Å²) in [6.07, 6.45) is 0.928. The number of fused-ring (bicyclic) bond motifs is 1. The summed E-state index contributed by atoms with van der Waals surface area (Å²) in [4.78, 5) is 38.4. The van der Waals surface area contributed by atoms with Gasteiger partial charge in [0.05, 0.1) is 29.9 Å². The Morgan fingerprint density at radius 1 is 1.35 bits per heavy atom. The number of benzene rings is 1. The molecule has 0 aliphatic carbocycles. The summed E-state index contributed by atoms with van der Waals surface area (Å²) in [5.74, 6) is -1.08. The molecule has 8 nitrogen and oxygen atoms in total. The summed E-state index contributed by atoms with van der Waals surface area (Å²) in [6.45, 7) is 3.93. The lowest BCUT2D eigenvalue weighted by atomic mass is 10.1. The van der Waals surface area contributed by atoms with E-state index in [9.17, 15) is 19.7 Å². The predicted molar refractivity (Wildman–Crippen MR) is 80.1 cm³/mol. The standard InChI is InChI=1S/C15H17N3O5/c1-2-10-8-16(6-7-23-10)9-17-14(19)11-4-3-5-12(18(21)22)13(11)15(17)20/h3-5,10H,2,6-9H2,1H3/t10-/m1/s1. The van der Waals surface area contributed by atoms with Gasteiger partial charge in [-0.25, -0.2) is 0 Å². The fourth-order valence-corrected chi connectivity index (χ4v) is 2.95. The molecule has 1 aromatic rings. The Morgan fingerprint density at radius 3 is 2.83 bits per heavy atom. The fourth-order valence-electron chi connectivity index (χ4n) is 2.95. The zero-order valence-corrected chi connectivity index (χ0v) is 12.7. The highest BCUT2D eigenvalue weighted by atomic mass is 16.6. The van der Waals surface area contributed by atoms with E-state index in [0.717, 1.165) is 11.3 Å². The molecule has 3 rings (SSSR count). The number of hydrogen-bond donors (Lipinski definition) is 0. The van der Waals surface area contributed by atoms with Crippen molar-refractivity contribution in [2.45, 2.75) is 19.4 Å². The maximum Gasteiger partial charge on any atom is 0.282 e. The summed E-state index contributed by atoms with van der Waals surface area (Å²) >= 11 is 0. The van der Waals surface area contributed by atoms with Crippen LogP contribution in [0.1, 0.15) is 34.1 Å². The summed E-state index contributed by atoms with van der Waals surface area (Å²) < 4.78 is 5.57. The number of nitro benzene ring substituents is 1. The van der Waals surface area contributed by atoms with E-state index in [4.69, 9.17) is 4.74 Å². The average Bonchev–Trinajstić information content (AvgIpc) is 2.80. The second-order valence-corrected chi connectivity index (χ2v) is 5.61. The van der Waals surface area contributed by atoms with Gasteiger partial charge in [-0.05, 0) is 12.5 Å². The highest BCUT2D eigenvalue weighted by Gasteiger charge is 2.41. The largest absolute Gasteiger partial charge is 0.376 e. The zero-order chi connectivity index (χ0) is 16.6. The van der Waals surface area contributed by atoms with E-state index >= 15 is 0 Å². The molecule has 0 bridgehead atoms. The van der Waals surface area contributed by atoms with Crippen molar-refractivity contribution in [3.8, 4) is 0 Å². The Kier molecular flexibility index (Phi) is 4.10. The molecule has 1 fully saturated rings. The number of imide groups is 1. The lowest BCUT2D eigenvalue weighted by Crippen LogP contribution is -2.48. The molecular weight excluding hydrogens is 302 g/mol. The molecule has 122 valence electrons. The Morgan fingerprint density at radius 2 is 2.13 bits per heavy atom. The van der Waals surface area contributed by atoms with Crippen LogP contribution < -0.4 is 0 Å². The van der Waals surface area contributed by atoms with Gasteiger partial charge in [0.2, 0.25) is 0 Å². The monoisotopic (exact) mass is 319 g/mol. The summed E-state index contributed by atoms with van der Waals surface area (Å²) in [7, 11) is 0. The molecule has 0 aromatic heterocycles. The smallest absolute Gasteiger partial charge is 0.282 e. The molecule has 1 atom stereocenters. The van der Waals surface area contributed by atoms with E-state index in [0.29, 0.717) is 19.7 Å². The van der Waals surface area contributed by atoms with E-state index < -0.39 is 16.7 Å². The van der Waals surface area contributed by atoms with Crippen molar-refractivity contribution in [3.63, 3.8) is 0 Å². The van der Waals surface area contributed by atoms with Crippen molar-refractivity contribution in [2.75, 3.05) is 26.4 Å². The van der Waals surface area contributed by atoms with Gasteiger partial charge in [0.1, 0.15) is 5.56 Å². The molecule has 0 unspecified atom stereocenters. The highest BCUT2D eigenvalue weighted by Crippen LogP contribution is 2.30. The third kappa shape index (κ3) is 2.71. The first-order chi connectivity index (χ1) is 11.0. The number of hydrogen-bond acceptors (Lipinski definition) is 6. The SMILES string of the molecule is CC[C@@H]1CN(CN2C(=O)c3cccc([N+](=O)[O-])c3C2=O)CCO1. The summed E-state index contributed by atoms with van der Waals surface area (Å²) in [6, 6.07) is 4.12. The van der Waals surface area contributed by atoms with Crippen LogP contribution in [0.15, 0.2) is 18.2 Å². The zero-order valence-electron chi connectivity index (χ0n) is 12.7.